The maximum atomic E-state index is 12.8. The summed E-state index contributed by atoms with van der Waals surface area (Å²) in [5.41, 5.74) is 0.340. The highest BCUT2D eigenvalue weighted by Gasteiger charge is 2.26. The lowest BCUT2D eigenvalue weighted by Crippen LogP contribution is -2.38. The van der Waals surface area contributed by atoms with Gasteiger partial charge in [0.15, 0.2) is 11.5 Å². The van der Waals surface area contributed by atoms with E-state index in [9.17, 15) is 9.59 Å². The number of hydrogen-bond acceptors (Lipinski definition) is 5. The van der Waals surface area contributed by atoms with Gasteiger partial charge >= 0.3 is 5.97 Å². The molecule has 2 aliphatic heterocycles. The summed E-state index contributed by atoms with van der Waals surface area (Å²) in [6, 6.07) is 3.08. The van der Waals surface area contributed by atoms with Gasteiger partial charge in [-0.05, 0) is 25.0 Å². The van der Waals surface area contributed by atoms with Crippen molar-refractivity contribution in [1.82, 2.24) is 4.90 Å². The van der Waals surface area contributed by atoms with E-state index < -0.39 is 5.97 Å². The number of carbonyl (C=O) groups is 2. The van der Waals surface area contributed by atoms with Crippen LogP contribution in [-0.4, -0.2) is 54.5 Å². The van der Waals surface area contributed by atoms with Gasteiger partial charge in [0.05, 0.1) is 17.5 Å². The van der Waals surface area contributed by atoms with Gasteiger partial charge in [0.1, 0.15) is 0 Å². The number of aliphatic carboxylic acids is 1. The van der Waals surface area contributed by atoms with E-state index in [4.69, 9.17) is 30.9 Å². The number of halogens is 1. The van der Waals surface area contributed by atoms with Gasteiger partial charge in [-0.3, -0.25) is 9.59 Å². The van der Waals surface area contributed by atoms with Gasteiger partial charge in [0.2, 0.25) is 6.79 Å². The van der Waals surface area contributed by atoms with E-state index in [0.717, 1.165) is 12.8 Å². The third-order valence-corrected chi connectivity index (χ3v) is 4.29. The summed E-state index contributed by atoms with van der Waals surface area (Å²) in [5, 5.41) is 9.21. The minimum absolute atomic E-state index is 0.0609. The van der Waals surface area contributed by atoms with Crippen LogP contribution in [0.4, 0.5) is 0 Å². The Labute approximate surface area is 144 Å². The molecule has 1 saturated heterocycles. The summed E-state index contributed by atoms with van der Waals surface area (Å²) in [6.07, 6.45) is 1.61. The van der Waals surface area contributed by atoms with Crippen molar-refractivity contribution in [3.8, 4) is 11.5 Å². The zero-order valence-corrected chi connectivity index (χ0v) is 13.8. The van der Waals surface area contributed by atoms with Gasteiger partial charge < -0.3 is 24.2 Å². The van der Waals surface area contributed by atoms with Crippen LogP contribution in [0.2, 0.25) is 5.02 Å². The van der Waals surface area contributed by atoms with Crippen molar-refractivity contribution in [1.29, 1.82) is 0 Å². The number of rotatable bonds is 6. The van der Waals surface area contributed by atoms with Gasteiger partial charge in [-0.1, -0.05) is 11.6 Å². The number of amides is 1. The molecule has 1 amide bonds. The van der Waals surface area contributed by atoms with Crippen LogP contribution in [0.5, 0.6) is 11.5 Å². The second kappa shape index (κ2) is 7.27. The van der Waals surface area contributed by atoms with Crippen molar-refractivity contribution in [2.24, 2.45) is 0 Å². The molecule has 1 aromatic rings. The molecule has 0 radical (unpaired) electrons. The Balaban J connectivity index is 1.78. The van der Waals surface area contributed by atoms with Gasteiger partial charge in [0, 0.05) is 25.3 Å². The monoisotopic (exact) mass is 355 g/mol. The van der Waals surface area contributed by atoms with Crippen molar-refractivity contribution < 1.29 is 28.9 Å². The lowest BCUT2D eigenvalue weighted by atomic mass is 10.1. The van der Waals surface area contributed by atoms with Crippen molar-refractivity contribution in [2.75, 3.05) is 26.5 Å². The Hall–Kier alpha value is -1.99. The van der Waals surface area contributed by atoms with E-state index in [0.29, 0.717) is 35.2 Å². The Kier molecular flexibility index (Phi) is 5.11. The average Bonchev–Trinajstić information content (AvgIpc) is 3.21. The smallest absolute Gasteiger partial charge is 0.305 e. The minimum atomic E-state index is -0.955. The minimum Gasteiger partial charge on any atom is -0.481 e. The van der Waals surface area contributed by atoms with Crippen LogP contribution >= 0.6 is 11.6 Å². The topological polar surface area (TPSA) is 85.3 Å². The summed E-state index contributed by atoms with van der Waals surface area (Å²) in [7, 11) is 0. The largest absolute Gasteiger partial charge is 0.481 e. The quantitative estimate of drug-likeness (QED) is 0.841. The number of carbonyl (C=O) groups excluding carboxylic acids is 1. The fourth-order valence-electron chi connectivity index (χ4n) is 2.81. The molecule has 1 fully saturated rings. The Bertz CT molecular complexity index is 644. The molecule has 0 spiro atoms. The molecule has 8 heteroatoms. The van der Waals surface area contributed by atoms with Gasteiger partial charge in [-0.25, -0.2) is 0 Å². The maximum Gasteiger partial charge on any atom is 0.305 e. The summed E-state index contributed by atoms with van der Waals surface area (Å²) in [6.45, 7) is 1.20. The Morgan fingerprint density at radius 3 is 2.88 bits per heavy atom. The molecule has 1 atom stereocenters. The zero-order chi connectivity index (χ0) is 17.1. The number of carboxylic acid groups (broad SMARTS) is 1. The Morgan fingerprint density at radius 1 is 1.33 bits per heavy atom. The molecule has 24 heavy (non-hydrogen) atoms. The molecule has 0 saturated carbocycles. The molecule has 0 aromatic heterocycles. The van der Waals surface area contributed by atoms with E-state index in [1.807, 2.05) is 0 Å². The summed E-state index contributed by atoms with van der Waals surface area (Å²) in [5.74, 6) is -0.415. The van der Waals surface area contributed by atoms with Crippen LogP contribution < -0.4 is 9.47 Å². The van der Waals surface area contributed by atoms with Crippen molar-refractivity contribution in [2.45, 2.75) is 25.4 Å². The predicted octanol–water partition coefficient (Wildman–Crippen LogP) is 2.16. The van der Waals surface area contributed by atoms with Crippen molar-refractivity contribution in [3.63, 3.8) is 0 Å². The van der Waals surface area contributed by atoms with Gasteiger partial charge in [0.25, 0.3) is 5.91 Å². The van der Waals surface area contributed by atoms with Crippen molar-refractivity contribution >= 4 is 23.5 Å². The first-order valence-electron chi connectivity index (χ1n) is 7.76. The third kappa shape index (κ3) is 3.73. The summed E-state index contributed by atoms with van der Waals surface area (Å²) < 4.78 is 16.1. The van der Waals surface area contributed by atoms with Crippen LogP contribution in [0.15, 0.2) is 12.1 Å². The Morgan fingerprint density at radius 2 is 2.17 bits per heavy atom. The first kappa shape index (κ1) is 16.9. The number of carboxylic acids is 1. The first-order valence-corrected chi connectivity index (χ1v) is 8.14. The molecule has 2 heterocycles. The standard InChI is InChI=1S/C16H18ClNO6/c17-12-6-10(7-13-15(12)24-9-23-13)16(21)18(4-3-14(19)20)8-11-2-1-5-22-11/h6-7,11H,1-5,8-9H2,(H,19,20). The molecule has 3 rings (SSSR count). The highest BCUT2D eigenvalue weighted by atomic mass is 35.5. The van der Waals surface area contributed by atoms with Crippen molar-refractivity contribution in [3.05, 3.63) is 22.7 Å². The lowest BCUT2D eigenvalue weighted by Gasteiger charge is -2.25. The maximum absolute atomic E-state index is 12.8. The molecule has 1 N–H and O–H groups in total. The third-order valence-electron chi connectivity index (χ3n) is 4.00. The second-order valence-electron chi connectivity index (χ2n) is 5.72. The van der Waals surface area contributed by atoms with E-state index >= 15 is 0 Å². The fourth-order valence-corrected chi connectivity index (χ4v) is 3.08. The molecule has 7 nitrogen and oxygen atoms in total. The molecule has 1 unspecified atom stereocenters. The zero-order valence-electron chi connectivity index (χ0n) is 13.0. The molecular weight excluding hydrogens is 338 g/mol. The predicted molar refractivity (Wildman–Crippen MR) is 84.7 cm³/mol. The molecule has 0 aliphatic carbocycles. The van der Waals surface area contributed by atoms with Gasteiger partial charge in [-0.2, -0.15) is 0 Å². The highest BCUT2D eigenvalue weighted by molar-refractivity contribution is 6.32. The summed E-state index contributed by atoms with van der Waals surface area (Å²) in [4.78, 5) is 25.2. The van der Waals surface area contributed by atoms with E-state index in [1.54, 1.807) is 6.07 Å². The number of nitrogens with zero attached hydrogens (tertiary/aromatic N) is 1. The van der Waals surface area contributed by atoms with Crippen LogP contribution in [0.1, 0.15) is 29.6 Å². The number of fused-ring (bicyclic) bond motifs is 1. The van der Waals surface area contributed by atoms with Gasteiger partial charge in [-0.15, -0.1) is 0 Å². The molecular formula is C16H18ClNO6. The van der Waals surface area contributed by atoms with Crippen LogP contribution in [-0.2, 0) is 9.53 Å². The number of hydrogen-bond donors (Lipinski definition) is 1. The number of benzene rings is 1. The molecule has 2 aliphatic rings. The van der Waals surface area contributed by atoms with Crippen LogP contribution in [0.3, 0.4) is 0 Å². The van der Waals surface area contributed by atoms with E-state index in [1.165, 1.54) is 11.0 Å². The van der Waals surface area contributed by atoms with Crippen LogP contribution in [0, 0.1) is 0 Å². The highest BCUT2D eigenvalue weighted by Crippen LogP contribution is 2.40. The second-order valence-corrected chi connectivity index (χ2v) is 6.13. The molecule has 1 aromatic carbocycles. The van der Waals surface area contributed by atoms with Crippen LogP contribution in [0.25, 0.3) is 0 Å². The van der Waals surface area contributed by atoms with E-state index in [-0.39, 0.29) is 31.8 Å². The normalized spacial score (nSPS) is 18.6. The first-order chi connectivity index (χ1) is 11.5. The summed E-state index contributed by atoms with van der Waals surface area (Å²) >= 11 is 6.13. The molecule has 130 valence electrons. The number of ether oxygens (including phenoxy) is 3. The average molecular weight is 356 g/mol. The fraction of sp³-hybridized carbons (Fsp3) is 0.500. The SMILES string of the molecule is O=C(O)CCN(CC1CCCO1)C(=O)c1cc(Cl)c2c(c1)OCO2. The molecule has 0 bridgehead atoms. The van der Waals surface area contributed by atoms with E-state index in [2.05, 4.69) is 0 Å². The lowest BCUT2D eigenvalue weighted by molar-refractivity contribution is -0.137.